The van der Waals surface area contributed by atoms with Crippen LogP contribution in [0.3, 0.4) is 0 Å². The number of benzene rings is 1. The van der Waals surface area contributed by atoms with Gasteiger partial charge >= 0.3 is 0 Å². The summed E-state index contributed by atoms with van der Waals surface area (Å²) < 4.78 is 0. The summed E-state index contributed by atoms with van der Waals surface area (Å²) in [5, 5.41) is 14.2. The van der Waals surface area contributed by atoms with Crippen LogP contribution in [0.1, 0.15) is 26.7 Å². The van der Waals surface area contributed by atoms with Crippen LogP contribution in [0.2, 0.25) is 0 Å². The van der Waals surface area contributed by atoms with Crippen molar-refractivity contribution in [3.63, 3.8) is 0 Å². The Morgan fingerprint density at radius 1 is 1.44 bits per heavy atom. The molecule has 1 aromatic carbocycles. The van der Waals surface area contributed by atoms with Gasteiger partial charge in [0.2, 0.25) is 0 Å². The topological polar surface area (TPSA) is 55.2 Å². The molecular formula is C13H20N2O2S. The molecule has 0 spiro atoms. The first kappa shape index (κ1) is 15.0. The molecular weight excluding hydrogens is 248 g/mol. The Morgan fingerprint density at radius 2 is 2.17 bits per heavy atom. The summed E-state index contributed by atoms with van der Waals surface area (Å²) >= 11 is 1.57. The zero-order chi connectivity index (χ0) is 13.4. The molecule has 1 rings (SSSR count). The van der Waals surface area contributed by atoms with Crippen molar-refractivity contribution in [3.8, 4) is 0 Å². The lowest BCUT2D eigenvalue weighted by Gasteiger charge is -2.11. The van der Waals surface area contributed by atoms with Crippen LogP contribution in [0.15, 0.2) is 29.2 Å². The summed E-state index contributed by atoms with van der Waals surface area (Å²) in [5.41, 5.74) is 0.210. The van der Waals surface area contributed by atoms with Gasteiger partial charge in [0.15, 0.2) is 0 Å². The zero-order valence-electron chi connectivity index (χ0n) is 10.9. The number of nitrogens with zero attached hydrogens (tertiary/aromatic N) is 1. The molecule has 1 N–H and O–H groups in total. The first-order chi connectivity index (χ1) is 8.65. The number of nitro groups is 1. The Kier molecular flexibility index (Phi) is 6.75. The smallest absolute Gasteiger partial charge is 0.282 e. The Balaban J connectivity index is 2.37. The summed E-state index contributed by atoms with van der Waals surface area (Å²) in [5.74, 6) is 0.917. The SMILES string of the molecule is CCNC(C)CCCSc1ccccc1[N+](=O)[O-]. The lowest BCUT2D eigenvalue weighted by Crippen LogP contribution is -2.25. The fourth-order valence-corrected chi connectivity index (χ4v) is 2.75. The van der Waals surface area contributed by atoms with Gasteiger partial charge in [-0.05, 0) is 38.1 Å². The Hall–Kier alpha value is -1.07. The molecule has 0 aliphatic rings. The normalized spacial score (nSPS) is 12.3. The first-order valence-corrected chi connectivity index (χ1v) is 7.23. The van der Waals surface area contributed by atoms with Crippen LogP contribution in [0, 0.1) is 10.1 Å². The molecule has 1 aromatic rings. The molecule has 0 fully saturated rings. The standard InChI is InChI=1S/C13H20N2O2S/c1-3-14-11(2)7-6-10-18-13-9-5-4-8-12(13)15(16)17/h4-5,8-9,11,14H,3,6-7,10H2,1-2H3. The van der Waals surface area contributed by atoms with E-state index < -0.39 is 0 Å². The van der Waals surface area contributed by atoms with Crippen LogP contribution in [0.25, 0.3) is 0 Å². The van der Waals surface area contributed by atoms with Crippen molar-refractivity contribution in [3.05, 3.63) is 34.4 Å². The third-order valence-electron chi connectivity index (χ3n) is 2.65. The van der Waals surface area contributed by atoms with Crippen molar-refractivity contribution < 1.29 is 4.92 Å². The highest BCUT2D eigenvalue weighted by Gasteiger charge is 2.12. The molecule has 18 heavy (non-hydrogen) atoms. The highest BCUT2D eigenvalue weighted by molar-refractivity contribution is 7.99. The van der Waals surface area contributed by atoms with Gasteiger partial charge < -0.3 is 5.32 Å². The molecule has 0 saturated carbocycles. The molecule has 1 atom stereocenters. The van der Waals surface area contributed by atoms with Crippen LogP contribution in [0.4, 0.5) is 5.69 Å². The molecule has 5 heteroatoms. The maximum atomic E-state index is 10.8. The maximum Gasteiger partial charge on any atom is 0.282 e. The van der Waals surface area contributed by atoms with E-state index in [1.807, 2.05) is 12.1 Å². The third kappa shape index (κ3) is 5.06. The van der Waals surface area contributed by atoms with Crippen molar-refractivity contribution in [2.75, 3.05) is 12.3 Å². The number of hydrogen-bond donors (Lipinski definition) is 1. The minimum atomic E-state index is -0.316. The van der Waals surface area contributed by atoms with E-state index in [1.54, 1.807) is 23.9 Å². The van der Waals surface area contributed by atoms with Gasteiger partial charge in [0.1, 0.15) is 0 Å². The fraction of sp³-hybridized carbons (Fsp3) is 0.538. The highest BCUT2D eigenvalue weighted by Crippen LogP contribution is 2.29. The number of para-hydroxylation sites is 1. The van der Waals surface area contributed by atoms with E-state index >= 15 is 0 Å². The lowest BCUT2D eigenvalue weighted by molar-refractivity contribution is -0.387. The zero-order valence-corrected chi connectivity index (χ0v) is 11.7. The Labute approximate surface area is 112 Å². The van der Waals surface area contributed by atoms with E-state index in [4.69, 9.17) is 0 Å². The van der Waals surface area contributed by atoms with Gasteiger partial charge in [0.25, 0.3) is 5.69 Å². The average Bonchev–Trinajstić information content (AvgIpc) is 2.35. The van der Waals surface area contributed by atoms with Gasteiger partial charge in [0, 0.05) is 12.1 Å². The van der Waals surface area contributed by atoms with Crippen molar-refractivity contribution >= 4 is 17.4 Å². The molecule has 4 nitrogen and oxygen atoms in total. The number of rotatable bonds is 8. The van der Waals surface area contributed by atoms with Crippen LogP contribution in [-0.4, -0.2) is 23.3 Å². The van der Waals surface area contributed by atoms with Crippen molar-refractivity contribution in [2.24, 2.45) is 0 Å². The van der Waals surface area contributed by atoms with Crippen LogP contribution in [-0.2, 0) is 0 Å². The number of thioether (sulfide) groups is 1. The monoisotopic (exact) mass is 268 g/mol. The largest absolute Gasteiger partial charge is 0.315 e. The maximum absolute atomic E-state index is 10.8. The summed E-state index contributed by atoms with van der Waals surface area (Å²) in [6.07, 6.45) is 2.16. The number of hydrogen-bond acceptors (Lipinski definition) is 4. The molecule has 0 aliphatic heterocycles. The van der Waals surface area contributed by atoms with E-state index in [2.05, 4.69) is 19.2 Å². The molecule has 0 heterocycles. The molecule has 0 radical (unpaired) electrons. The van der Waals surface area contributed by atoms with E-state index in [-0.39, 0.29) is 10.6 Å². The minimum absolute atomic E-state index is 0.210. The second-order valence-electron chi connectivity index (χ2n) is 4.17. The Morgan fingerprint density at radius 3 is 2.83 bits per heavy atom. The predicted molar refractivity (Wildman–Crippen MR) is 76.2 cm³/mol. The van der Waals surface area contributed by atoms with Crippen LogP contribution in [0.5, 0.6) is 0 Å². The van der Waals surface area contributed by atoms with Crippen molar-refractivity contribution in [2.45, 2.75) is 37.6 Å². The predicted octanol–water partition coefficient (Wildman–Crippen LogP) is 3.47. The fourth-order valence-electron chi connectivity index (χ4n) is 1.75. The summed E-state index contributed by atoms with van der Waals surface area (Å²) in [6.45, 7) is 5.25. The summed E-state index contributed by atoms with van der Waals surface area (Å²) in [4.78, 5) is 11.3. The lowest BCUT2D eigenvalue weighted by atomic mass is 10.2. The van der Waals surface area contributed by atoms with Crippen molar-refractivity contribution in [1.29, 1.82) is 0 Å². The van der Waals surface area contributed by atoms with Gasteiger partial charge in [0.05, 0.1) is 9.82 Å². The van der Waals surface area contributed by atoms with Crippen LogP contribution >= 0.6 is 11.8 Å². The molecule has 0 saturated heterocycles. The second kappa shape index (κ2) is 8.11. The molecule has 0 amide bonds. The first-order valence-electron chi connectivity index (χ1n) is 6.24. The van der Waals surface area contributed by atoms with Gasteiger partial charge in [-0.15, -0.1) is 11.8 Å². The average molecular weight is 268 g/mol. The molecule has 0 aliphatic carbocycles. The van der Waals surface area contributed by atoms with Gasteiger partial charge in [-0.2, -0.15) is 0 Å². The highest BCUT2D eigenvalue weighted by atomic mass is 32.2. The number of nitrogens with one attached hydrogen (secondary N) is 1. The second-order valence-corrected chi connectivity index (χ2v) is 5.31. The summed E-state index contributed by atoms with van der Waals surface area (Å²) in [7, 11) is 0. The summed E-state index contributed by atoms with van der Waals surface area (Å²) in [6, 6.07) is 7.44. The van der Waals surface area contributed by atoms with Gasteiger partial charge in [-0.25, -0.2) is 0 Å². The number of nitro benzene ring substituents is 1. The van der Waals surface area contributed by atoms with E-state index in [0.717, 1.165) is 30.0 Å². The van der Waals surface area contributed by atoms with Gasteiger partial charge in [-0.3, -0.25) is 10.1 Å². The van der Waals surface area contributed by atoms with E-state index in [0.29, 0.717) is 6.04 Å². The van der Waals surface area contributed by atoms with Crippen molar-refractivity contribution in [1.82, 2.24) is 5.32 Å². The quantitative estimate of drug-likeness (QED) is 0.339. The van der Waals surface area contributed by atoms with Crippen LogP contribution < -0.4 is 5.32 Å². The Bertz CT molecular complexity index is 385. The van der Waals surface area contributed by atoms with E-state index in [1.165, 1.54) is 0 Å². The molecule has 100 valence electrons. The third-order valence-corrected chi connectivity index (χ3v) is 3.80. The molecule has 0 bridgehead atoms. The molecule has 0 aromatic heterocycles. The van der Waals surface area contributed by atoms with Gasteiger partial charge in [-0.1, -0.05) is 19.1 Å². The molecule has 1 unspecified atom stereocenters. The minimum Gasteiger partial charge on any atom is -0.315 e. The van der Waals surface area contributed by atoms with E-state index in [9.17, 15) is 10.1 Å².